The van der Waals surface area contributed by atoms with Crippen LogP contribution >= 0.6 is 34.5 Å². The molecule has 7 rings (SSSR count). The lowest BCUT2D eigenvalue weighted by Crippen LogP contribution is -2.23. The highest BCUT2D eigenvalue weighted by Gasteiger charge is 2.54. The summed E-state index contributed by atoms with van der Waals surface area (Å²) in [5.41, 5.74) is 3.19. The molecule has 1 saturated heterocycles. The summed E-state index contributed by atoms with van der Waals surface area (Å²) in [6, 6.07) is 8.70. The monoisotopic (exact) mass is 538 g/mol. The molecule has 4 aromatic rings. The maximum Gasteiger partial charge on any atom is 0.354 e. The third-order valence-corrected chi connectivity index (χ3v) is 9.04. The van der Waals surface area contributed by atoms with E-state index in [1.165, 1.54) is 17.4 Å². The third-order valence-electron chi connectivity index (χ3n) is 7.38. The number of carbonyl (C=O) groups is 1. The lowest BCUT2D eigenvalue weighted by molar-refractivity contribution is 0.0691. The van der Waals surface area contributed by atoms with Crippen molar-refractivity contribution < 1.29 is 14.4 Å². The van der Waals surface area contributed by atoms with Crippen molar-refractivity contribution in [3.8, 4) is 11.3 Å². The van der Waals surface area contributed by atoms with Crippen molar-refractivity contribution in [2.75, 3.05) is 18.0 Å². The molecule has 2 aliphatic carbocycles. The summed E-state index contributed by atoms with van der Waals surface area (Å²) in [4.78, 5) is 23.1. The van der Waals surface area contributed by atoms with Gasteiger partial charge in [0.1, 0.15) is 27.5 Å². The number of thiazole rings is 1. The minimum atomic E-state index is -1.03. The molecule has 0 amide bonds. The molecule has 2 atom stereocenters. The van der Waals surface area contributed by atoms with Crippen molar-refractivity contribution in [2.45, 2.75) is 18.8 Å². The number of fused-ring (bicyclic) bond motifs is 2. The van der Waals surface area contributed by atoms with Crippen LogP contribution in [0.3, 0.4) is 0 Å². The van der Waals surface area contributed by atoms with Crippen LogP contribution in [0.1, 0.15) is 40.6 Å². The Morgan fingerprint density at radius 1 is 1.11 bits per heavy atom. The SMILES string of the molecule is O=C(O)c1ccc2nc(N3CC4C(C=Cc5c(-c6c(Cl)cccc6Cl)noc5C5CC5)C4C3)sc2n1. The smallest absolute Gasteiger partial charge is 0.354 e. The first-order valence-electron chi connectivity index (χ1n) is 11.9. The number of carboxylic acids is 1. The zero-order valence-electron chi connectivity index (χ0n) is 18.9. The predicted molar refractivity (Wildman–Crippen MR) is 140 cm³/mol. The van der Waals surface area contributed by atoms with E-state index in [-0.39, 0.29) is 5.69 Å². The van der Waals surface area contributed by atoms with Gasteiger partial charge < -0.3 is 14.5 Å². The number of aromatic carboxylic acids is 1. The van der Waals surface area contributed by atoms with Crippen LogP contribution in [0.4, 0.5) is 5.13 Å². The topological polar surface area (TPSA) is 92.3 Å². The standard InChI is InChI=1S/C26H20Cl2N4O3S/c27-17-2-1-3-18(28)21(17)22-14(23(35-31-22)12-4-5-12)7-6-13-15-10-32(11-16(13)15)26-30-19-8-9-20(25(33)34)29-24(19)36-26/h1-3,6-9,12-13,15-16H,4-5,10-11H2,(H,33,34). The van der Waals surface area contributed by atoms with Gasteiger partial charge in [0.2, 0.25) is 0 Å². The Bertz CT molecular complexity index is 1530. The van der Waals surface area contributed by atoms with Crippen LogP contribution in [0.2, 0.25) is 10.0 Å². The minimum Gasteiger partial charge on any atom is -0.477 e. The van der Waals surface area contributed by atoms with Crippen molar-refractivity contribution in [2.24, 2.45) is 17.8 Å². The largest absolute Gasteiger partial charge is 0.477 e. The molecule has 0 bridgehead atoms. The van der Waals surface area contributed by atoms with E-state index in [1.807, 2.05) is 18.2 Å². The summed E-state index contributed by atoms with van der Waals surface area (Å²) in [7, 11) is 0. The first-order valence-corrected chi connectivity index (χ1v) is 13.4. The van der Waals surface area contributed by atoms with Gasteiger partial charge in [0.05, 0.1) is 10.0 Å². The molecule has 182 valence electrons. The van der Waals surface area contributed by atoms with E-state index in [2.05, 4.69) is 32.2 Å². The number of aromatic nitrogens is 3. The average molecular weight is 539 g/mol. The number of halogens is 2. The number of hydrogen-bond acceptors (Lipinski definition) is 7. The lowest BCUT2D eigenvalue weighted by Gasteiger charge is -2.17. The Labute approximate surface area is 220 Å². The number of nitrogens with zero attached hydrogens (tertiary/aromatic N) is 4. The molecule has 1 aliphatic heterocycles. The molecular formula is C26H20Cl2N4O3S. The maximum absolute atomic E-state index is 11.2. The molecule has 2 saturated carbocycles. The van der Waals surface area contributed by atoms with E-state index in [9.17, 15) is 9.90 Å². The molecule has 3 aromatic heterocycles. The summed E-state index contributed by atoms with van der Waals surface area (Å²) >= 11 is 14.4. The van der Waals surface area contributed by atoms with Crippen LogP contribution in [0, 0.1) is 17.8 Å². The van der Waals surface area contributed by atoms with E-state index < -0.39 is 5.97 Å². The van der Waals surface area contributed by atoms with E-state index in [0.29, 0.717) is 49.8 Å². The van der Waals surface area contributed by atoms with Gasteiger partial charge in [-0.25, -0.2) is 14.8 Å². The number of anilines is 1. The Balaban J connectivity index is 1.10. The number of pyridine rings is 1. The van der Waals surface area contributed by atoms with Crippen molar-refractivity contribution in [1.29, 1.82) is 0 Å². The second kappa shape index (κ2) is 8.30. The van der Waals surface area contributed by atoms with Gasteiger partial charge in [-0.15, -0.1) is 0 Å². The minimum absolute atomic E-state index is 0.0453. The molecule has 2 unspecified atom stereocenters. The van der Waals surface area contributed by atoms with Crippen LogP contribution < -0.4 is 4.90 Å². The lowest BCUT2D eigenvalue weighted by atomic mass is 10.0. The highest BCUT2D eigenvalue weighted by Crippen LogP contribution is 2.54. The van der Waals surface area contributed by atoms with Crippen LogP contribution in [0.5, 0.6) is 0 Å². The number of rotatable bonds is 6. The Kier molecular flexibility index (Phi) is 5.13. The Morgan fingerprint density at radius 3 is 2.56 bits per heavy atom. The molecule has 7 nitrogen and oxygen atoms in total. The average Bonchev–Trinajstić information content (AvgIpc) is 3.62. The van der Waals surface area contributed by atoms with E-state index in [1.54, 1.807) is 6.07 Å². The molecule has 3 aliphatic rings. The maximum atomic E-state index is 11.2. The van der Waals surface area contributed by atoms with Gasteiger partial charge in [0.25, 0.3) is 0 Å². The molecule has 1 N–H and O–H groups in total. The van der Waals surface area contributed by atoms with Gasteiger partial charge in [-0.2, -0.15) is 0 Å². The van der Waals surface area contributed by atoms with Crippen molar-refractivity contribution >= 4 is 62.1 Å². The summed E-state index contributed by atoms with van der Waals surface area (Å²) in [5.74, 6) is 1.92. The van der Waals surface area contributed by atoms with Crippen LogP contribution in [0.25, 0.3) is 27.7 Å². The van der Waals surface area contributed by atoms with Gasteiger partial charge >= 0.3 is 5.97 Å². The van der Waals surface area contributed by atoms with Gasteiger partial charge in [0.15, 0.2) is 5.13 Å². The fourth-order valence-electron chi connectivity index (χ4n) is 5.30. The number of piperidine rings is 1. The highest BCUT2D eigenvalue weighted by molar-refractivity contribution is 7.21. The van der Waals surface area contributed by atoms with Gasteiger partial charge in [-0.3, -0.25) is 0 Å². The summed E-state index contributed by atoms with van der Waals surface area (Å²) in [6.45, 7) is 1.85. The molecule has 1 aromatic carbocycles. The molecule has 10 heteroatoms. The third kappa shape index (κ3) is 3.70. The van der Waals surface area contributed by atoms with Crippen molar-refractivity contribution in [3.05, 3.63) is 63.5 Å². The van der Waals surface area contributed by atoms with Gasteiger partial charge in [-0.05, 0) is 54.9 Å². The highest BCUT2D eigenvalue weighted by atomic mass is 35.5. The molecule has 4 heterocycles. The first kappa shape index (κ1) is 22.3. The van der Waals surface area contributed by atoms with Crippen molar-refractivity contribution in [3.63, 3.8) is 0 Å². The molecule has 36 heavy (non-hydrogen) atoms. The molecule has 3 fully saturated rings. The summed E-state index contributed by atoms with van der Waals surface area (Å²) in [6.07, 6.45) is 6.67. The second-order valence-electron chi connectivity index (χ2n) is 9.67. The molecule has 0 radical (unpaired) electrons. The first-order chi connectivity index (χ1) is 17.5. The zero-order valence-corrected chi connectivity index (χ0v) is 21.2. The Hall–Kier alpha value is -2.94. The molecule has 0 spiro atoms. The van der Waals surface area contributed by atoms with Crippen LogP contribution in [-0.2, 0) is 0 Å². The van der Waals surface area contributed by atoms with Gasteiger partial charge in [-0.1, -0.05) is 57.9 Å². The normalized spacial score (nSPS) is 23.1. The zero-order chi connectivity index (χ0) is 24.6. The number of benzene rings is 1. The second-order valence-corrected chi connectivity index (χ2v) is 11.4. The van der Waals surface area contributed by atoms with Crippen LogP contribution in [0.15, 0.2) is 40.9 Å². The van der Waals surface area contributed by atoms with E-state index >= 15 is 0 Å². The fourth-order valence-corrected chi connectivity index (χ4v) is 6.83. The fraction of sp³-hybridized carbons (Fsp3) is 0.308. The van der Waals surface area contributed by atoms with E-state index in [0.717, 1.165) is 47.9 Å². The molecular weight excluding hydrogens is 519 g/mol. The quantitative estimate of drug-likeness (QED) is 0.294. The number of carboxylic acid groups (broad SMARTS) is 1. The van der Waals surface area contributed by atoms with Gasteiger partial charge in [0, 0.05) is 30.1 Å². The summed E-state index contributed by atoms with van der Waals surface area (Å²) in [5, 5.41) is 15.6. The van der Waals surface area contributed by atoms with Crippen molar-refractivity contribution in [1.82, 2.24) is 15.1 Å². The Morgan fingerprint density at radius 2 is 1.86 bits per heavy atom. The number of allylic oxidation sites excluding steroid dienone is 1. The summed E-state index contributed by atoms with van der Waals surface area (Å²) < 4.78 is 5.78. The van der Waals surface area contributed by atoms with E-state index in [4.69, 9.17) is 27.7 Å². The van der Waals surface area contributed by atoms with Crippen LogP contribution in [-0.4, -0.2) is 39.3 Å². The predicted octanol–water partition coefficient (Wildman–Crippen LogP) is 6.62. The number of hydrogen-bond donors (Lipinski definition) is 1.